The fraction of sp³-hybridized carbons (Fsp3) is 0. The Labute approximate surface area is 33.3 Å². The molecule has 2 aliphatic heterocycles. The molecule has 0 spiro atoms. The van der Waals surface area contributed by atoms with E-state index in [1.54, 1.807) is 0 Å². The number of hydrogen-bond donors (Lipinski definition) is 0. The van der Waals surface area contributed by atoms with E-state index in [2.05, 4.69) is 20.5 Å². The second-order valence-electron chi connectivity index (χ2n) is 1.05. The molecule has 0 bridgehead atoms. The van der Waals surface area contributed by atoms with Gasteiger partial charge < -0.3 is 0 Å². The SMILES string of the molecule is N1=NC1=C1N=N1. The molecule has 0 aromatic carbocycles. The highest BCUT2D eigenvalue weighted by molar-refractivity contribution is 5.19. The van der Waals surface area contributed by atoms with E-state index in [1.165, 1.54) is 0 Å². The zero-order chi connectivity index (χ0) is 3.98. The largest absolute Gasteiger partial charge is 0.244 e. The summed E-state index contributed by atoms with van der Waals surface area (Å²) < 4.78 is 0. The van der Waals surface area contributed by atoms with Crippen molar-refractivity contribution in [2.75, 3.05) is 0 Å². The van der Waals surface area contributed by atoms with Crippen molar-refractivity contribution >= 4 is 0 Å². The summed E-state index contributed by atoms with van der Waals surface area (Å²) >= 11 is 0. The first-order chi connectivity index (χ1) is 2.97. The van der Waals surface area contributed by atoms with E-state index in [9.17, 15) is 0 Å². The van der Waals surface area contributed by atoms with Crippen LogP contribution in [0.15, 0.2) is 32.1 Å². The summed E-state index contributed by atoms with van der Waals surface area (Å²) in [5, 5.41) is 13.9. The lowest BCUT2D eigenvalue weighted by atomic mass is 10.8. The Kier molecular flexibility index (Phi) is 0.154. The van der Waals surface area contributed by atoms with Crippen molar-refractivity contribution < 1.29 is 0 Å². The first-order valence-corrected chi connectivity index (χ1v) is 1.54. The van der Waals surface area contributed by atoms with Gasteiger partial charge in [0.05, 0.1) is 0 Å². The molecule has 0 aliphatic carbocycles. The van der Waals surface area contributed by atoms with Crippen molar-refractivity contribution in [3.63, 3.8) is 0 Å². The van der Waals surface area contributed by atoms with Gasteiger partial charge in [-0.25, -0.2) is 0 Å². The van der Waals surface area contributed by atoms with Crippen LogP contribution in [0, 0.1) is 0 Å². The van der Waals surface area contributed by atoms with Gasteiger partial charge >= 0.3 is 0 Å². The lowest BCUT2D eigenvalue weighted by Crippen LogP contribution is -1.42. The third-order valence-corrected chi connectivity index (χ3v) is 0.600. The van der Waals surface area contributed by atoms with Crippen molar-refractivity contribution in [3.05, 3.63) is 11.6 Å². The molecule has 2 aliphatic rings. The Morgan fingerprint density at radius 3 is 1.17 bits per heavy atom. The zero-order valence-corrected chi connectivity index (χ0v) is 2.79. The monoisotopic (exact) mass is 80.0 g/mol. The van der Waals surface area contributed by atoms with E-state index in [4.69, 9.17) is 0 Å². The number of nitrogens with zero attached hydrogens (tertiary/aromatic N) is 4. The number of rotatable bonds is 0. The van der Waals surface area contributed by atoms with Gasteiger partial charge in [0.25, 0.3) is 0 Å². The molecule has 6 heavy (non-hydrogen) atoms. The molecule has 28 valence electrons. The summed E-state index contributed by atoms with van der Waals surface area (Å²) in [5.74, 6) is 1.41. The molecule has 4 nitrogen and oxygen atoms in total. The maximum atomic E-state index is 3.48. The summed E-state index contributed by atoms with van der Waals surface area (Å²) in [5.41, 5.74) is 0. The van der Waals surface area contributed by atoms with Gasteiger partial charge in [0, 0.05) is 0 Å². The van der Waals surface area contributed by atoms with E-state index >= 15 is 0 Å². The quantitative estimate of drug-likeness (QED) is 0.417. The first kappa shape index (κ1) is 2.17. The van der Waals surface area contributed by atoms with Crippen LogP contribution in [0.2, 0.25) is 0 Å². The molecule has 0 N–H and O–H groups in total. The predicted molar refractivity (Wildman–Crippen MR) is 16.7 cm³/mol. The molecule has 0 fully saturated rings. The highest BCUT2D eigenvalue weighted by Crippen LogP contribution is 2.29. The zero-order valence-electron chi connectivity index (χ0n) is 2.79. The van der Waals surface area contributed by atoms with Crippen LogP contribution in [-0.2, 0) is 0 Å². The Bertz CT molecular complexity index is 138. The van der Waals surface area contributed by atoms with Gasteiger partial charge in [-0.2, -0.15) is 0 Å². The minimum Gasteiger partial charge on any atom is -0.122 e. The fourth-order valence-electron chi connectivity index (χ4n) is 0.229. The molecule has 4 heteroatoms. The Balaban J connectivity index is 2.41. The van der Waals surface area contributed by atoms with Gasteiger partial charge in [-0.05, 0) is 0 Å². The molecular weight excluding hydrogens is 80.1 g/mol. The second kappa shape index (κ2) is 0.426. The maximum absolute atomic E-state index is 3.48. The van der Waals surface area contributed by atoms with Crippen molar-refractivity contribution in [1.82, 2.24) is 0 Å². The highest BCUT2D eigenvalue weighted by Gasteiger charge is 2.20. The smallest absolute Gasteiger partial charge is 0.122 e. The Hall–Kier alpha value is -1.06. The lowest BCUT2D eigenvalue weighted by Gasteiger charge is -1.45. The Morgan fingerprint density at radius 2 is 1.00 bits per heavy atom. The highest BCUT2D eigenvalue weighted by atomic mass is 15.4. The number of hydrogen-bond acceptors (Lipinski definition) is 4. The fourth-order valence-corrected chi connectivity index (χ4v) is 0.229. The van der Waals surface area contributed by atoms with Gasteiger partial charge in [-0.3, -0.25) is 0 Å². The van der Waals surface area contributed by atoms with Crippen LogP contribution in [0.25, 0.3) is 0 Å². The van der Waals surface area contributed by atoms with E-state index < -0.39 is 0 Å². The van der Waals surface area contributed by atoms with Crippen LogP contribution in [0.3, 0.4) is 0 Å². The van der Waals surface area contributed by atoms with Crippen molar-refractivity contribution in [2.24, 2.45) is 20.5 Å². The summed E-state index contributed by atoms with van der Waals surface area (Å²) in [6.07, 6.45) is 0. The average molecular weight is 80.1 g/mol. The molecule has 0 atom stereocenters. The van der Waals surface area contributed by atoms with E-state index in [-0.39, 0.29) is 0 Å². The minimum atomic E-state index is 0.704. The van der Waals surface area contributed by atoms with Crippen LogP contribution in [0.5, 0.6) is 0 Å². The van der Waals surface area contributed by atoms with Crippen LogP contribution < -0.4 is 0 Å². The van der Waals surface area contributed by atoms with Crippen molar-refractivity contribution in [2.45, 2.75) is 0 Å². The average Bonchev–Trinajstić information content (AvgIpc) is 2.26. The summed E-state index contributed by atoms with van der Waals surface area (Å²) in [6.45, 7) is 0. The van der Waals surface area contributed by atoms with Crippen molar-refractivity contribution in [3.8, 4) is 0 Å². The normalized spacial score (nSPS) is 22.7. The maximum Gasteiger partial charge on any atom is 0.244 e. The Morgan fingerprint density at radius 1 is 0.667 bits per heavy atom. The lowest BCUT2D eigenvalue weighted by molar-refractivity contribution is 1.55. The summed E-state index contributed by atoms with van der Waals surface area (Å²) in [7, 11) is 0. The van der Waals surface area contributed by atoms with Gasteiger partial charge in [0.2, 0.25) is 11.6 Å². The second-order valence-corrected chi connectivity index (χ2v) is 1.05. The molecule has 0 saturated heterocycles. The standard InChI is InChI=1S/C2N4/c3-1(4-3)2-5-6-2. The van der Waals surface area contributed by atoms with Gasteiger partial charge in [0.1, 0.15) is 0 Å². The van der Waals surface area contributed by atoms with Gasteiger partial charge in [-0.1, -0.05) is 0 Å². The molecule has 0 radical (unpaired) electrons. The molecular formula is C2N4. The molecule has 2 rings (SSSR count). The molecule has 2 heterocycles. The van der Waals surface area contributed by atoms with Gasteiger partial charge in [0.15, 0.2) is 0 Å². The third-order valence-electron chi connectivity index (χ3n) is 0.600. The molecule has 0 aromatic heterocycles. The topological polar surface area (TPSA) is 49.4 Å². The van der Waals surface area contributed by atoms with Crippen molar-refractivity contribution in [1.29, 1.82) is 0 Å². The molecule has 0 unspecified atom stereocenters. The van der Waals surface area contributed by atoms with Crippen LogP contribution in [-0.4, -0.2) is 0 Å². The molecule has 0 saturated carbocycles. The molecule has 0 amide bonds. The van der Waals surface area contributed by atoms with E-state index in [1.807, 2.05) is 0 Å². The van der Waals surface area contributed by atoms with Crippen LogP contribution in [0.1, 0.15) is 0 Å². The van der Waals surface area contributed by atoms with Gasteiger partial charge in [-0.15, -0.1) is 20.5 Å². The minimum absolute atomic E-state index is 0.704. The molecule has 0 aromatic rings. The van der Waals surface area contributed by atoms with Crippen LogP contribution >= 0.6 is 0 Å². The first-order valence-electron chi connectivity index (χ1n) is 1.54. The summed E-state index contributed by atoms with van der Waals surface area (Å²) in [6, 6.07) is 0. The third kappa shape index (κ3) is 0.138. The predicted octanol–water partition coefficient (Wildman–Crippen LogP) is 1.04. The van der Waals surface area contributed by atoms with Crippen LogP contribution in [0.4, 0.5) is 0 Å². The summed E-state index contributed by atoms with van der Waals surface area (Å²) in [4.78, 5) is 0. The van der Waals surface area contributed by atoms with E-state index in [0.29, 0.717) is 11.6 Å². The van der Waals surface area contributed by atoms with E-state index in [0.717, 1.165) is 0 Å².